The van der Waals surface area contributed by atoms with Gasteiger partial charge < -0.3 is 10.2 Å². The maximum Gasteiger partial charge on any atom is 0.306 e. The van der Waals surface area contributed by atoms with Crippen LogP contribution < -0.4 is 10.2 Å². The van der Waals surface area contributed by atoms with Gasteiger partial charge in [-0.2, -0.15) is 4.39 Å². The molecule has 1 aliphatic heterocycles. The number of nitrogens with one attached hydrogen (secondary N) is 1. The van der Waals surface area contributed by atoms with Gasteiger partial charge in [-0.05, 0) is 36.6 Å². The van der Waals surface area contributed by atoms with E-state index >= 15 is 0 Å². The van der Waals surface area contributed by atoms with Gasteiger partial charge in [-0.15, -0.1) is 0 Å². The van der Waals surface area contributed by atoms with E-state index in [1.54, 1.807) is 0 Å². The second-order valence-corrected chi connectivity index (χ2v) is 7.61. The number of nitrogens with zero attached hydrogens (tertiary/aromatic N) is 2. The third-order valence-corrected chi connectivity index (χ3v) is 5.64. The molecule has 2 aromatic carbocycles. The zero-order valence-electron chi connectivity index (χ0n) is 15.8. The molecule has 2 fully saturated rings. The molecule has 0 unspecified atom stereocenters. The fourth-order valence-electron chi connectivity index (χ4n) is 3.94. The van der Waals surface area contributed by atoms with Crippen LogP contribution in [-0.2, 0) is 9.59 Å². The van der Waals surface area contributed by atoms with E-state index in [0.717, 1.165) is 18.6 Å². The fraction of sp³-hybridized carbons (Fsp3) is 0.333. The normalized spacial score (nSPS) is 23.2. The summed E-state index contributed by atoms with van der Waals surface area (Å²) in [5, 5.41) is 14.0. The van der Waals surface area contributed by atoms with Gasteiger partial charge in [0.2, 0.25) is 17.6 Å². The Hall–Kier alpha value is -3.29. The van der Waals surface area contributed by atoms with Gasteiger partial charge in [0.05, 0.1) is 16.5 Å². The highest BCUT2D eigenvalue weighted by molar-refractivity contribution is 6.00. The minimum atomic E-state index is -0.962. The van der Waals surface area contributed by atoms with Crippen molar-refractivity contribution in [3.8, 4) is 0 Å². The summed E-state index contributed by atoms with van der Waals surface area (Å²) in [6, 6.07) is 11.4. The van der Waals surface area contributed by atoms with Gasteiger partial charge in [-0.3, -0.25) is 19.7 Å². The highest BCUT2D eigenvalue weighted by atomic mass is 19.1. The fourth-order valence-corrected chi connectivity index (χ4v) is 3.94. The molecule has 1 saturated carbocycles. The highest BCUT2D eigenvalue weighted by Gasteiger charge is 2.43. The minimum absolute atomic E-state index is 0.0265. The standard InChI is InChI=1S/C21H20FN3O4/c1-12-4-2-3-5-15(12)16-10-18(16)23-21(27)13-8-20(26)24(11-13)14-6-7-17(22)19(9-14)25(28)29/h2-7,9,13,16,18H,8,10-11H2,1H3,(H,23,27)/t13-,16-,18+/m0/s1. The summed E-state index contributed by atoms with van der Waals surface area (Å²) in [5.41, 5.74) is 1.94. The number of hydrogen-bond acceptors (Lipinski definition) is 4. The molecule has 150 valence electrons. The van der Waals surface area contributed by atoms with E-state index in [-0.39, 0.29) is 42.4 Å². The Kier molecular flexibility index (Phi) is 4.77. The number of aryl methyl sites for hydroxylation is 1. The van der Waals surface area contributed by atoms with Crippen molar-refractivity contribution >= 4 is 23.2 Å². The summed E-state index contributed by atoms with van der Waals surface area (Å²) in [6.45, 7) is 2.16. The molecule has 0 spiro atoms. The lowest BCUT2D eigenvalue weighted by Crippen LogP contribution is -2.34. The molecule has 29 heavy (non-hydrogen) atoms. The monoisotopic (exact) mass is 397 g/mol. The maximum absolute atomic E-state index is 13.6. The Labute approximate surface area is 166 Å². The molecule has 0 aromatic heterocycles. The number of carbonyl (C=O) groups excluding carboxylic acids is 2. The van der Waals surface area contributed by atoms with E-state index in [0.29, 0.717) is 0 Å². The summed E-state index contributed by atoms with van der Waals surface area (Å²) >= 11 is 0. The van der Waals surface area contributed by atoms with Crippen LogP contribution in [0.15, 0.2) is 42.5 Å². The zero-order chi connectivity index (χ0) is 20.7. The van der Waals surface area contributed by atoms with Gasteiger partial charge in [-0.25, -0.2) is 0 Å². The molecule has 1 heterocycles. The number of nitro groups is 1. The first-order valence-electron chi connectivity index (χ1n) is 9.45. The number of anilines is 1. The van der Waals surface area contributed by atoms with Gasteiger partial charge in [0.15, 0.2) is 0 Å². The first-order chi connectivity index (χ1) is 13.8. The SMILES string of the molecule is Cc1ccccc1[C@@H]1C[C@H]1NC(=O)[C@H]1CC(=O)N(c2ccc(F)c([N+](=O)[O-])c2)C1. The number of carbonyl (C=O) groups is 2. The number of halogens is 1. The Bertz CT molecular complexity index is 1010. The van der Waals surface area contributed by atoms with Crippen molar-refractivity contribution in [3.05, 3.63) is 69.5 Å². The van der Waals surface area contributed by atoms with E-state index in [4.69, 9.17) is 0 Å². The smallest absolute Gasteiger partial charge is 0.306 e. The number of amides is 2. The topological polar surface area (TPSA) is 92.6 Å². The lowest BCUT2D eigenvalue weighted by molar-refractivity contribution is -0.387. The van der Waals surface area contributed by atoms with Crippen LogP contribution in [0.25, 0.3) is 0 Å². The molecule has 3 atom stereocenters. The molecule has 2 aliphatic rings. The van der Waals surface area contributed by atoms with Crippen molar-refractivity contribution in [2.75, 3.05) is 11.4 Å². The summed E-state index contributed by atoms with van der Waals surface area (Å²) < 4.78 is 13.6. The van der Waals surface area contributed by atoms with Crippen molar-refractivity contribution in [3.63, 3.8) is 0 Å². The van der Waals surface area contributed by atoms with Crippen LogP contribution >= 0.6 is 0 Å². The Balaban J connectivity index is 1.41. The van der Waals surface area contributed by atoms with Crippen LogP contribution in [0.4, 0.5) is 15.8 Å². The van der Waals surface area contributed by atoms with E-state index in [1.807, 2.05) is 25.1 Å². The summed E-state index contributed by atoms with van der Waals surface area (Å²) in [6.07, 6.45) is 0.893. The molecular formula is C21H20FN3O4. The van der Waals surface area contributed by atoms with Gasteiger partial charge in [0, 0.05) is 31.0 Å². The molecule has 1 saturated heterocycles. The Morgan fingerprint density at radius 2 is 2.03 bits per heavy atom. The van der Waals surface area contributed by atoms with Crippen molar-refractivity contribution in [2.24, 2.45) is 5.92 Å². The first-order valence-corrected chi connectivity index (χ1v) is 9.45. The van der Waals surface area contributed by atoms with Gasteiger partial charge in [0.1, 0.15) is 0 Å². The van der Waals surface area contributed by atoms with Crippen molar-refractivity contribution in [1.29, 1.82) is 0 Å². The third-order valence-electron chi connectivity index (χ3n) is 5.64. The summed E-state index contributed by atoms with van der Waals surface area (Å²) in [7, 11) is 0. The van der Waals surface area contributed by atoms with Gasteiger partial charge in [0.25, 0.3) is 0 Å². The molecule has 0 radical (unpaired) electrons. The largest absolute Gasteiger partial charge is 0.352 e. The van der Waals surface area contributed by atoms with E-state index in [1.165, 1.54) is 22.1 Å². The van der Waals surface area contributed by atoms with Gasteiger partial charge in [-0.1, -0.05) is 24.3 Å². The predicted molar refractivity (Wildman–Crippen MR) is 104 cm³/mol. The molecule has 2 aromatic rings. The van der Waals surface area contributed by atoms with Crippen LogP contribution in [0, 0.1) is 28.8 Å². The molecule has 4 rings (SSSR count). The van der Waals surface area contributed by atoms with Crippen molar-refractivity contribution in [2.45, 2.75) is 31.7 Å². The van der Waals surface area contributed by atoms with Crippen LogP contribution in [-0.4, -0.2) is 29.3 Å². The molecule has 0 bridgehead atoms. The van der Waals surface area contributed by atoms with Crippen LogP contribution in [0.2, 0.25) is 0 Å². The number of hydrogen-bond donors (Lipinski definition) is 1. The van der Waals surface area contributed by atoms with Gasteiger partial charge >= 0.3 is 5.69 Å². The van der Waals surface area contributed by atoms with Crippen LogP contribution in [0.1, 0.15) is 29.9 Å². The number of nitro benzene ring substituents is 1. The lowest BCUT2D eigenvalue weighted by atomic mass is 10.0. The highest BCUT2D eigenvalue weighted by Crippen LogP contribution is 2.42. The lowest BCUT2D eigenvalue weighted by Gasteiger charge is -2.16. The van der Waals surface area contributed by atoms with Crippen molar-refractivity contribution in [1.82, 2.24) is 5.32 Å². The maximum atomic E-state index is 13.6. The quantitative estimate of drug-likeness (QED) is 0.620. The predicted octanol–water partition coefficient (Wildman–Crippen LogP) is 3.07. The Morgan fingerprint density at radius 1 is 1.28 bits per heavy atom. The van der Waals surface area contributed by atoms with Crippen LogP contribution in [0.3, 0.4) is 0 Å². The molecule has 7 nitrogen and oxygen atoms in total. The average Bonchev–Trinajstić information content (AvgIpc) is 3.32. The zero-order valence-corrected chi connectivity index (χ0v) is 15.8. The average molecular weight is 397 g/mol. The van der Waals surface area contributed by atoms with Crippen LogP contribution in [0.5, 0.6) is 0 Å². The minimum Gasteiger partial charge on any atom is -0.352 e. The first kappa shape index (κ1) is 19.0. The molecule has 1 N–H and O–H groups in total. The molecular weight excluding hydrogens is 377 g/mol. The summed E-state index contributed by atoms with van der Waals surface area (Å²) in [4.78, 5) is 36.4. The van der Waals surface area contributed by atoms with Crippen molar-refractivity contribution < 1.29 is 18.9 Å². The second kappa shape index (κ2) is 7.27. The molecule has 2 amide bonds. The summed E-state index contributed by atoms with van der Waals surface area (Å²) in [5.74, 6) is -1.72. The second-order valence-electron chi connectivity index (χ2n) is 7.61. The number of benzene rings is 2. The Morgan fingerprint density at radius 3 is 2.76 bits per heavy atom. The number of rotatable bonds is 5. The third kappa shape index (κ3) is 3.70. The molecule has 1 aliphatic carbocycles. The molecule has 8 heteroatoms. The van der Waals surface area contributed by atoms with E-state index < -0.39 is 22.3 Å². The van der Waals surface area contributed by atoms with E-state index in [2.05, 4.69) is 11.4 Å². The van der Waals surface area contributed by atoms with E-state index in [9.17, 15) is 24.1 Å².